The Labute approximate surface area is 192 Å². The summed E-state index contributed by atoms with van der Waals surface area (Å²) in [7, 11) is 1.53. The molecular weight excluding hydrogens is 420 g/mol. The molecule has 1 unspecified atom stereocenters. The average Bonchev–Trinajstić information content (AvgIpc) is 2.83. The van der Waals surface area contributed by atoms with Gasteiger partial charge in [0.15, 0.2) is 0 Å². The lowest BCUT2D eigenvalue weighted by Gasteiger charge is -2.19. The fraction of sp³-hybridized carbons (Fsp3) is 0.115. The lowest BCUT2D eigenvalue weighted by atomic mass is 10.1. The van der Waals surface area contributed by atoms with E-state index in [1.54, 1.807) is 78.9 Å². The zero-order chi connectivity index (χ0) is 23.6. The van der Waals surface area contributed by atoms with Crippen molar-refractivity contribution in [1.29, 1.82) is 0 Å². The van der Waals surface area contributed by atoms with E-state index in [9.17, 15) is 14.4 Å². The molecule has 0 fully saturated rings. The summed E-state index contributed by atoms with van der Waals surface area (Å²) < 4.78 is 10.8. The molecule has 2 N–H and O–H groups in total. The molecular formula is C26H24N2O5. The van der Waals surface area contributed by atoms with E-state index < -0.39 is 23.9 Å². The van der Waals surface area contributed by atoms with Gasteiger partial charge in [0.25, 0.3) is 5.91 Å². The van der Waals surface area contributed by atoms with Crippen LogP contribution in [0.3, 0.4) is 0 Å². The van der Waals surface area contributed by atoms with Crippen molar-refractivity contribution < 1.29 is 23.9 Å². The van der Waals surface area contributed by atoms with Gasteiger partial charge in [0, 0.05) is 24.2 Å². The topological polar surface area (TPSA) is 93.7 Å². The first-order valence-electron chi connectivity index (χ1n) is 10.2. The van der Waals surface area contributed by atoms with Crippen molar-refractivity contribution in [3.63, 3.8) is 0 Å². The number of hydrogen-bond donors (Lipinski definition) is 2. The number of carbonyl (C=O) groups is 3. The molecule has 2 amide bonds. The van der Waals surface area contributed by atoms with Crippen molar-refractivity contribution in [2.75, 3.05) is 12.4 Å². The van der Waals surface area contributed by atoms with Gasteiger partial charge < -0.3 is 20.1 Å². The minimum atomic E-state index is -1.25. The first kappa shape index (κ1) is 23.3. The second-order valence-electron chi connectivity index (χ2n) is 7.07. The van der Waals surface area contributed by atoms with Gasteiger partial charge in [-0.1, -0.05) is 66.7 Å². The SMILES string of the molecule is COc1cccc(NC(=O)C(OC(=O)/C(=C/c2ccccc2)NC(C)=O)c2ccccc2)c1. The Hall–Kier alpha value is -4.39. The number of esters is 1. The largest absolute Gasteiger partial charge is 0.497 e. The molecule has 3 aromatic carbocycles. The van der Waals surface area contributed by atoms with Gasteiger partial charge in [-0.05, 0) is 23.8 Å². The highest BCUT2D eigenvalue weighted by Crippen LogP contribution is 2.23. The first-order chi connectivity index (χ1) is 16.0. The molecule has 7 heteroatoms. The number of amides is 2. The maximum Gasteiger partial charge on any atom is 0.355 e. The van der Waals surface area contributed by atoms with Crippen molar-refractivity contribution in [1.82, 2.24) is 5.32 Å². The average molecular weight is 444 g/mol. The van der Waals surface area contributed by atoms with E-state index in [-0.39, 0.29) is 5.70 Å². The number of benzene rings is 3. The van der Waals surface area contributed by atoms with Crippen LogP contribution in [0.5, 0.6) is 5.75 Å². The van der Waals surface area contributed by atoms with E-state index in [2.05, 4.69) is 10.6 Å². The number of carbonyl (C=O) groups excluding carboxylic acids is 3. The van der Waals surface area contributed by atoms with Crippen LogP contribution in [0, 0.1) is 0 Å². The van der Waals surface area contributed by atoms with Gasteiger partial charge in [-0.15, -0.1) is 0 Å². The van der Waals surface area contributed by atoms with Crippen molar-refractivity contribution in [3.8, 4) is 5.75 Å². The fourth-order valence-corrected chi connectivity index (χ4v) is 3.03. The number of anilines is 1. The van der Waals surface area contributed by atoms with E-state index in [1.165, 1.54) is 20.1 Å². The van der Waals surface area contributed by atoms with Crippen LogP contribution in [0.2, 0.25) is 0 Å². The van der Waals surface area contributed by atoms with Gasteiger partial charge in [-0.3, -0.25) is 9.59 Å². The molecule has 0 spiro atoms. The maximum absolute atomic E-state index is 13.1. The highest BCUT2D eigenvalue weighted by molar-refractivity contribution is 6.01. The van der Waals surface area contributed by atoms with Gasteiger partial charge >= 0.3 is 5.97 Å². The fourth-order valence-electron chi connectivity index (χ4n) is 3.03. The number of nitrogens with one attached hydrogen (secondary N) is 2. The second-order valence-corrected chi connectivity index (χ2v) is 7.07. The standard InChI is InChI=1S/C26H24N2O5/c1-18(29)27-23(16-19-10-5-3-6-11-19)26(31)33-24(20-12-7-4-8-13-20)25(30)28-21-14-9-15-22(17-21)32-2/h3-17,24H,1-2H3,(H,27,29)(H,28,30)/b23-16-. The smallest absolute Gasteiger partial charge is 0.355 e. The maximum atomic E-state index is 13.1. The minimum absolute atomic E-state index is 0.0798. The molecule has 0 aliphatic heterocycles. The molecule has 0 aliphatic rings. The Kier molecular flexibility index (Phi) is 7.96. The van der Waals surface area contributed by atoms with Crippen molar-refractivity contribution in [3.05, 3.63) is 102 Å². The number of ether oxygens (including phenoxy) is 2. The lowest BCUT2D eigenvalue weighted by Crippen LogP contribution is -2.31. The molecule has 7 nitrogen and oxygen atoms in total. The van der Waals surface area contributed by atoms with Crippen LogP contribution in [-0.4, -0.2) is 24.9 Å². The summed E-state index contributed by atoms with van der Waals surface area (Å²) in [5.41, 5.74) is 1.57. The molecule has 3 rings (SSSR count). The van der Waals surface area contributed by atoms with E-state index in [0.29, 0.717) is 22.6 Å². The van der Waals surface area contributed by atoms with E-state index in [1.807, 2.05) is 6.07 Å². The zero-order valence-corrected chi connectivity index (χ0v) is 18.3. The number of rotatable bonds is 8. The van der Waals surface area contributed by atoms with Crippen LogP contribution in [-0.2, 0) is 19.1 Å². The molecule has 33 heavy (non-hydrogen) atoms. The van der Waals surface area contributed by atoms with E-state index in [4.69, 9.17) is 9.47 Å². The van der Waals surface area contributed by atoms with Crippen molar-refractivity contribution in [2.24, 2.45) is 0 Å². The van der Waals surface area contributed by atoms with Gasteiger partial charge in [-0.2, -0.15) is 0 Å². The summed E-state index contributed by atoms with van der Waals surface area (Å²) in [5, 5.41) is 5.24. The zero-order valence-electron chi connectivity index (χ0n) is 18.3. The van der Waals surface area contributed by atoms with Crippen LogP contribution in [0.25, 0.3) is 6.08 Å². The second kappa shape index (κ2) is 11.3. The summed E-state index contributed by atoms with van der Waals surface area (Å²) in [6.45, 7) is 1.29. The molecule has 1 atom stereocenters. The van der Waals surface area contributed by atoms with E-state index >= 15 is 0 Å². The monoisotopic (exact) mass is 444 g/mol. The highest BCUT2D eigenvalue weighted by atomic mass is 16.5. The quantitative estimate of drug-likeness (QED) is 0.403. The van der Waals surface area contributed by atoms with Crippen LogP contribution < -0.4 is 15.4 Å². The first-order valence-corrected chi connectivity index (χ1v) is 10.2. The third-order valence-corrected chi connectivity index (χ3v) is 4.54. The molecule has 0 radical (unpaired) electrons. The molecule has 0 aliphatic carbocycles. The van der Waals surface area contributed by atoms with Crippen molar-refractivity contribution >= 4 is 29.5 Å². The Morgan fingerprint density at radius 1 is 0.879 bits per heavy atom. The number of methoxy groups -OCH3 is 1. The third kappa shape index (κ3) is 6.80. The van der Waals surface area contributed by atoms with Crippen molar-refractivity contribution in [2.45, 2.75) is 13.0 Å². The van der Waals surface area contributed by atoms with Crippen LogP contribution >= 0.6 is 0 Å². The van der Waals surface area contributed by atoms with Crippen LogP contribution in [0.15, 0.2) is 90.6 Å². The lowest BCUT2D eigenvalue weighted by molar-refractivity contribution is -0.151. The van der Waals surface area contributed by atoms with Crippen LogP contribution in [0.1, 0.15) is 24.2 Å². The Morgan fingerprint density at radius 2 is 1.55 bits per heavy atom. The summed E-state index contributed by atoms with van der Waals surface area (Å²) in [6.07, 6.45) is 0.240. The molecule has 0 bridgehead atoms. The summed E-state index contributed by atoms with van der Waals surface area (Å²) in [5.74, 6) is -1.26. The Balaban J connectivity index is 1.88. The molecule has 0 heterocycles. The van der Waals surface area contributed by atoms with Gasteiger partial charge in [0.05, 0.1) is 7.11 Å². The predicted octanol–water partition coefficient (Wildman–Crippen LogP) is 4.10. The third-order valence-electron chi connectivity index (χ3n) is 4.54. The summed E-state index contributed by atoms with van der Waals surface area (Å²) >= 11 is 0. The molecule has 0 saturated heterocycles. The highest BCUT2D eigenvalue weighted by Gasteiger charge is 2.27. The molecule has 0 saturated carbocycles. The Morgan fingerprint density at radius 3 is 2.18 bits per heavy atom. The van der Waals surface area contributed by atoms with Gasteiger partial charge in [0.1, 0.15) is 11.4 Å². The normalized spacial score (nSPS) is 11.8. The predicted molar refractivity (Wildman–Crippen MR) is 125 cm³/mol. The van der Waals surface area contributed by atoms with E-state index in [0.717, 1.165) is 0 Å². The molecule has 0 aromatic heterocycles. The summed E-state index contributed by atoms with van der Waals surface area (Å²) in [6, 6.07) is 24.5. The van der Waals surface area contributed by atoms with Gasteiger partial charge in [-0.25, -0.2) is 4.79 Å². The number of hydrogen-bond acceptors (Lipinski definition) is 5. The molecule has 3 aromatic rings. The van der Waals surface area contributed by atoms with Crippen LogP contribution in [0.4, 0.5) is 5.69 Å². The summed E-state index contributed by atoms with van der Waals surface area (Å²) in [4.78, 5) is 37.8. The van der Waals surface area contributed by atoms with Gasteiger partial charge in [0.2, 0.25) is 12.0 Å². The molecule has 168 valence electrons. The Bertz CT molecular complexity index is 1140. The minimum Gasteiger partial charge on any atom is -0.497 e.